The van der Waals surface area contributed by atoms with E-state index in [1.54, 1.807) is 6.07 Å². The number of rotatable bonds is 3. The van der Waals surface area contributed by atoms with Crippen LogP contribution in [0.4, 0.5) is 10.1 Å². The first-order chi connectivity index (χ1) is 9.06. The van der Waals surface area contributed by atoms with E-state index in [0.29, 0.717) is 6.04 Å². The molecule has 2 heteroatoms. The number of aryl methyl sites for hydroxylation is 1. The van der Waals surface area contributed by atoms with Gasteiger partial charge in [0.2, 0.25) is 0 Å². The highest BCUT2D eigenvalue weighted by Crippen LogP contribution is 2.30. The summed E-state index contributed by atoms with van der Waals surface area (Å²) in [6.07, 6.45) is 6.45. The fourth-order valence-corrected chi connectivity index (χ4v) is 3.11. The molecule has 0 amide bonds. The van der Waals surface area contributed by atoms with E-state index in [9.17, 15) is 4.39 Å². The quantitative estimate of drug-likeness (QED) is 0.743. The van der Waals surface area contributed by atoms with Gasteiger partial charge in [-0.05, 0) is 61.8 Å². The van der Waals surface area contributed by atoms with Crippen LogP contribution in [0.5, 0.6) is 0 Å². The number of anilines is 1. The van der Waals surface area contributed by atoms with E-state index in [1.165, 1.54) is 32.1 Å². The Labute approximate surface area is 116 Å². The molecule has 1 saturated carbocycles. The summed E-state index contributed by atoms with van der Waals surface area (Å²) >= 11 is 0. The zero-order chi connectivity index (χ0) is 13.8. The molecule has 1 nitrogen and oxygen atoms in total. The summed E-state index contributed by atoms with van der Waals surface area (Å²) in [5.74, 6) is 1.56. The fraction of sp³-hybridized carbons (Fsp3) is 0.647. The van der Waals surface area contributed by atoms with Gasteiger partial charge in [0.1, 0.15) is 5.82 Å². The molecule has 0 heterocycles. The van der Waals surface area contributed by atoms with Gasteiger partial charge in [-0.3, -0.25) is 0 Å². The smallest absolute Gasteiger partial charge is 0.126 e. The Balaban J connectivity index is 1.94. The Morgan fingerprint density at radius 1 is 1.16 bits per heavy atom. The van der Waals surface area contributed by atoms with Crippen molar-refractivity contribution in [2.45, 2.75) is 58.9 Å². The highest BCUT2D eigenvalue weighted by Gasteiger charge is 2.20. The summed E-state index contributed by atoms with van der Waals surface area (Å²) in [6, 6.07) is 5.88. The van der Waals surface area contributed by atoms with Gasteiger partial charge < -0.3 is 5.32 Å². The van der Waals surface area contributed by atoms with Gasteiger partial charge in [-0.25, -0.2) is 4.39 Å². The predicted molar refractivity (Wildman–Crippen MR) is 80.0 cm³/mol. The van der Waals surface area contributed by atoms with Crippen LogP contribution >= 0.6 is 0 Å². The highest BCUT2D eigenvalue weighted by molar-refractivity contribution is 5.46. The molecule has 0 aromatic heterocycles. The molecule has 1 aliphatic rings. The van der Waals surface area contributed by atoms with Gasteiger partial charge in [0.05, 0.1) is 0 Å². The van der Waals surface area contributed by atoms with E-state index >= 15 is 0 Å². The first kappa shape index (κ1) is 14.4. The third-order valence-corrected chi connectivity index (χ3v) is 4.48. The van der Waals surface area contributed by atoms with Crippen LogP contribution in [0.15, 0.2) is 18.2 Å². The first-order valence-electron chi connectivity index (χ1n) is 7.59. The predicted octanol–water partition coefficient (Wildman–Crippen LogP) is 5.15. The molecule has 1 aliphatic carbocycles. The molecule has 1 aromatic carbocycles. The maximum absolute atomic E-state index is 13.3. The lowest BCUT2D eigenvalue weighted by Gasteiger charge is -2.20. The minimum absolute atomic E-state index is 0.119. The van der Waals surface area contributed by atoms with Gasteiger partial charge in [0.15, 0.2) is 0 Å². The number of halogens is 1. The number of nitrogens with one attached hydrogen (secondary N) is 1. The fourth-order valence-electron chi connectivity index (χ4n) is 3.11. The summed E-state index contributed by atoms with van der Waals surface area (Å²) in [4.78, 5) is 0. The Kier molecular flexibility index (Phi) is 4.84. The van der Waals surface area contributed by atoms with Crippen LogP contribution < -0.4 is 5.32 Å². The number of benzene rings is 1. The first-order valence-corrected chi connectivity index (χ1v) is 7.59. The van der Waals surface area contributed by atoms with Gasteiger partial charge in [-0.2, -0.15) is 0 Å². The second-order valence-corrected chi connectivity index (χ2v) is 6.32. The van der Waals surface area contributed by atoms with Gasteiger partial charge in [0.25, 0.3) is 0 Å². The third kappa shape index (κ3) is 3.95. The van der Waals surface area contributed by atoms with Gasteiger partial charge in [-0.1, -0.05) is 26.7 Å². The SMILES string of the molecule is Cc1cc(NC2CCCC(C(C)C)CC2)ccc1F. The van der Waals surface area contributed by atoms with Crippen LogP contribution in [0.3, 0.4) is 0 Å². The van der Waals surface area contributed by atoms with Crippen molar-refractivity contribution in [1.29, 1.82) is 0 Å². The summed E-state index contributed by atoms with van der Waals surface area (Å²) < 4.78 is 13.3. The second kappa shape index (κ2) is 6.40. The van der Waals surface area contributed by atoms with E-state index in [4.69, 9.17) is 0 Å². The molecule has 0 aliphatic heterocycles. The zero-order valence-electron chi connectivity index (χ0n) is 12.4. The Morgan fingerprint density at radius 2 is 1.95 bits per heavy atom. The summed E-state index contributed by atoms with van der Waals surface area (Å²) in [6.45, 7) is 6.49. The van der Waals surface area contributed by atoms with Crippen molar-refractivity contribution in [3.8, 4) is 0 Å². The molecule has 1 aromatic rings. The van der Waals surface area contributed by atoms with Crippen molar-refractivity contribution >= 4 is 5.69 Å². The largest absolute Gasteiger partial charge is 0.382 e. The van der Waals surface area contributed by atoms with E-state index in [2.05, 4.69) is 19.2 Å². The molecule has 0 bridgehead atoms. The Morgan fingerprint density at radius 3 is 2.63 bits per heavy atom. The average molecular weight is 263 g/mol. The van der Waals surface area contributed by atoms with E-state index in [1.807, 2.05) is 19.1 Å². The molecule has 1 fully saturated rings. The Bertz CT molecular complexity index is 414. The average Bonchev–Trinajstić information content (AvgIpc) is 2.59. The van der Waals surface area contributed by atoms with E-state index in [-0.39, 0.29) is 5.82 Å². The molecule has 2 unspecified atom stereocenters. The molecule has 2 rings (SSSR count). The molecule has 19 heavy (non-hydrogen) atoms. The number of hydrogen-bond donors (Lipinski definition) is 1. The zero-order valence-corrected chi connectivity index (χ0v) is 12.4. The molecular weight excluding hydrogens is 237 g/mol. The van der Waals surface area contributed by atoms with E-state index < -0.39 is 0 Å². The number of hydrogen-bond acceptors (Lipinski definition) is 1. The normalized spacial score (nSPS) is 24.3. The van der Waals surface area contributed by atoms with Crippen molar-refractivity contribution < 1.29 is 4.39 Å². The molecular formula is C17H26FN. The maximum Gasteiger partial charge on any atom is 0.126 e. The van der Waals surface area contributed by atoms with E-state index in [0.717, 1.165) is 23.1 Å². The van der Waals surface area contributed by atoms with Crippen LogP contribution in [0.25, 0.3) is 0 Å². The Hall–Kier alpha value is -1.05. The van der Waals surface area contributed by atoms with Crippen molar-refractivity contribution in [3.05, 3.63) is 29.6 Å². The van der Waals surface area contributed by atoms with Crippen molar-refractivity contribution in [3.63, 3.8) is 0 Å². The third-order valence-electron chi connectivity index (χ3n) is 4.48. The van der Waals surface area contributed by atoms with Crippen molar-refractivity contribution in [2.24, 2.45) is 11.8 Å². The van der Waals surface area contributed by atoms with Crippen LogP contribution in [-0.4, -0.2) is 6.04 Å². The molecule has 0 radical (unpaired) electrons. The lowest BCUT2D eigenvalue weighted by Crippen LogP contribution is -2.18. The highest BCUT2D eigenvalue weighted by atomic mass is 19.1. The van der Waals surface area contributed by atoms with Crippen molar-refractivity contribution in [1.82, 2.24) is 0 Å². The van der Waals surface area contributed by atoms with Crippen LogP contribution in [-0.2, 0) is 0 Å². The second-order valence-electron chi connectivity index (χ2n) is 6.32. The molecule has 2 atom stereocenters. The minimum Gasteiger partial charge on any atom is -0.382 e. The lowest BCUT2D eigenvalue weighted by atomic mass is 9.89. The molecule has 0 spiro atoms. The van der Waals surface area contributed by atoms with Gasteiger partial charge in [-0.15, -0.1) is 0 Å². The molecule has 106 valence electrons. The van der Waals surface area contributed by atoms with Crippen molar-refractivity contribution in [2.75, 3.05) is 5.32 Å². The van der Waals surface area contributed by atoms with Crippen LogP contribution in [0, 0.1) is 24.6 Å². The molecule has 1 N–H and O–H groups in total. The van der Waals surface area contributed by atoms with Crippen LogP contribution in [0.2, 0.25) is 0 Å². The summed E-state index contributed by atoms with van der Waals surface area (Å²) in [5.41, 5.74) is 1.78. The summed E-state index contributed by atoms with van der Waals surface area (Å²) in [5, 5.41) is 3.58. The lowest BCUT2D eigenvalue weighted by molar-refractivity contribution is 0.341. The standard InChI is InChI=1S/C17H26FN/c1-12(2)14-5-4-6-15(8-7-14)19-16-9-10-17(18)13(3)11-16/h9-12,14-15,19H,4-8H2,1-3H3. The van der Waals surface area contributed by atoms with Gasteiger partial charge in [0, 0.05) is 11.7 Å². The van der Waals surface area contributed by atoms with Crippen LogP contribution in [0.1, 0.15) is 51.5 Å². The minimum atomic E-state index is -0.119. The maximum atomic E-state index is 13.3. The van der Waals surface area contributed by atoms with Gasteiger partial charge >= 0.3 is 0 Å². The topological polar surface area (TPSA) is 12.0 Å². The summed E-state index contributed by atoms with van der Waals surface area (Å²) in [7, 11) is 0. The molecule has 0 saturated heterocycles. The monoisotopic (exact) mass is 263 g/mol.